The van der Waals surface area contributed by atoms with E-state index in [1.54, 1.807) is 0 Å². The number of ether oxygens (including phenoxy) is 1. The normalized spacial score (nSPS) is 9.71. The van der Waals surface area contributed by atoms with E-state index in [0.717, 1.165) is 0 Å². The van der Waals surface area contributed by atoms with Crippen molar-refractivity contribution < 1.29 is 9.53 Å². The smallest absolute Gasteiger partial charge is 0.363 e. The molecule has 0 aliphatic rings. The Hall–Kier alpha value is -2.31. The summed E-state index contributed by atoms with van der Waals surface area (Å²) < 4.78 is 4.76. The first-order valence-electron chi connectivity index (χ1n) is 3.72. The number of aromatic amines is 1. The highest BCUT2D eigenvalue weighted by atomic mass is 16.6. The van der Waals surface area contributed by atoms with Gasteiger partial charge in [-0.25, -0.2) is 4.79 Å². The molecule has 2 aromatic heterocycles. The molecule has 7 nitrogen and oxygen atoms in total. The number of carbonyl (C=O) groups excluding carboxylic acids is 1. The number of nitrogens with one attached hydrogen (secondary N) is 1. The maximum atomic E-state index is 11.3. The van der Waals surface area contributed by atoms with Gasteiger partial charge in [0, 0.05) is 12.4 Å². The van der Waals surface area contributed by atoms with Gasteiger partial charge in [-0.05, 0) is 17.3 Å². The van der Waals surface area contributed by atoms with Crippen molar-refractivity contribution in [3.63, 3.8) is 0 Å². The first-order chi connectivity index (χ1) is 6.86. The molecule has 0 fully saturated rings. The van der Waals surface area contributed by atoms with E-state index >= 15 is 0 Å². The van der Waals surface area contributed by atoms with Crippen LogP contribution in [0.1, 0.15) is 10.4 Å². The van der Waals surface area contributed by atoms with Gasteiger partial charge in [0.25, 0.3) is 0 Å². The number of tetrazole rings is 1. The molecular formula is C7H5N5O2. The van der Waals surface area contributed by atoms with E-state index in [0.29, 0.717) is 5.56 Å². The van der Waals surface area contributed by atoms with Crippen LogP contribution >= 0.6 is 0 Å². The van der Waals surface area contributed by atoms with Gasteiger partial charge in [0.05, 0.1) is 5.56 Å². The lowest BCUT2D eigenvalue weighted by molar-refractivity contribution is 0.0719. The number of esters is 1. The summed E-state index contributed by atoms with van der Waals surface area (Å²) >= 11 is 0. The summed E-state index contributed by atoms with van der Waals surface area (Å²) in [6, 6.07) is 2.96. The maximum absolute atomic E-state index is 11.3. The van der Waals surface area contributed by atoms with Crippen LogP contribution in [-0.4, -0.2) is 31.6 Å². The summed E-state index contributed by atoms with van der Waals surface area (Å²) in [5, 5.41) is 12.4. The van der Waals surface area contributed by atoms with Gasteiger partial charge in [-0.15, -0.1) is 0 Å². The number of carbonyl (C=O) groups is 1. The number of hydrogen-bond acceptors (Lipinski definition) is 6. The largest absolute Gasteiger partial charge is 0.385 e. The van der Waals surface area contributed by atoms with Crippen LogP contribution in [0.15, 0.2) is 24.5 Å². The van der Waals surface area contributed by atoms with Crippen molar-refractivity contribution in [1.29, 1.82) is 0 Å². The summed E-state index contributed by atoms with van der Waals surface area (Å²) in [6.07, 6.45) is 2.99. The molecule has 0 saturated heterocycles. The summed E-state index contributed by atoms with van der Waals surface area (Å²) in [5.41, 5.74) is 0.379. The van der Waals surface area contributed by atoms with Gasteiger partial charge in [0.15, 0.2) is 0 Å². The van der Waals surface area contributed by atoms with E-state index in [1.165, 1.54) is 24.5 Å². The Morgan fingerprint density at radius 2 is 2.14 bits per heavy atom. The monoisotopic (exact) mass is 191 g/mol. The number of aromatic nitrogens is 5. The van der Waals surface area contributed by atoms with Gasteiger partial charge < -0.3 is 4.74 Å². The Morgan fingerprint density at radius 3 is 2.79 bits per heavy atom. The zero-order chi connectivity index (χ0) is 9.80. The van der Waals surface area contributed by atoms with Gasteiger partial charge in [0.2, 0.25) is 0 Å². The average molecular weight is 191 g/mol. The fourth-order valence-corrected chi connectivity index (χ4v) is 0.826. The summed E-state index contributed by atoms with van der Waals surface area (Å²) in [5.74, 6) is -0.547. The first kappa shape index (κ1) is 8.30. The molecule has 0 atom stereocenters. The molecule has 1 N–H and O–H groups in total. The average Bonchev–Trinajstić information content (AvgIpc) is 2.72. The molecule has 0 aromatic carbocycles. The van der Waals surface area contributed by atoms with Crippen molar-refractivity contribution in [3.05, 3.63) is 30.1 Å². The van der Waals surface area contributed by atoms with Gasteiger partial charge in [0.1, 0.15) is 0 Å². The highest BCUT2D eigenvalue weighted by Crippen LogP contribution is 2.02. The lowest BCUT2D eigenvalue weighted by Crippen LogP contribution is -2.09. The summed E-state index contributed by atoms with van der Waals surface area (Å²) in [7, 11) is 0. The summed E-state index contributed by atoms with van der Waals surface area (Å²) in [6.45, 7) is 0. The van der Waals surface area contributed by atoms with E-state index < -0.39 is 5.97 Å². The minimum atomic E-state index is -0.547. The van der Waals surface area contributed by atoms with Crippen LogP contribution in [0.2, 0.25) is 0 Å². The van der Waals surface area contributed by atoms with Crippen molar-refractivity contribution >= 4 is 5.97 Å². The zero-order valence-electron chi connectivity index (χ0n) is 6.91. The standard InChI is InChI=1S/C7H5N5O2/c13-6(5-1-3-8-4-2-5)14-7-9-11-12-10-7/h1-4H,(H,9,10,11,12). The topological polar surface area (TPSA) is 93.7 Å². The first-order valence-corrected chi connectivity index (χ1v) is 3.72. The molecule has 0 radical (unpaired) electrons. The van der Waals surface area contributed by atoms with Gasteiger partial charge in [-0.2, -0.15) is 5.21 Å². The zero-order valence-corrected chi connectivity index (χ0v) is 6.91. The number of nitrogens with zero attached hydrogens (tertiary/aromatic N) is 4. The minimum absolute atomic E-state index is 0.105. The van der Waals surface area contributed by atoms with Crippen LogP contribution in [0.4, 0.5) is 0 Å². The van der Waals surface area contributed by atoms with Crippen LogP contribution in [0.5, 0.6) is 6.01 Å². The van der Waals surface area contributed by atoms with Crippen molar-refractivity contribution in [2.75, 3.05) is 0 Å². The third-order valence-electron chi connectivity index (χ3n) is 1.43. The lowest BCUT2D eigenvalue weighted by Gasteiger charge is -1.97. The lowest BCUT2D eigenvalue weighted by atomic mass is 10.3. The third-order valence-corrected chi connectivity index (χ3v) is 1.43. The van der Waals surface area contributed by atoms with Gasteiger partial charge in [-0.3, -0.25) is 4.98 Å². The molecule has 0 spiro atoms. The van der Waals surface area contributed by atoms with E-state index in [9.17, 15) is 4.79 Å². The second-order valence-electron chi connectivity index (χ2n) is 2.32. The Morgan fingerprint density at radius 1 is 1.36 bits per heavy atom. The number of H-pyrrole nitrogens is 1. The second kappa shape index (κ2) is 3.60. The molecule has 0 amide bonds. The third kappa shape index (κ3) is 1.71. The molecule has 0 bridgehead atoms. The molecule has 0 aliphatic carbocycles. The number of pyridine rings is 1. The van der Waals surface area contributed by atoms with Crippen LogP contribution in [0.3, 0.4) is 0 Å². The fourth-order valence-electron chi connectivity index (χ4n) is 0.826. The van der Waals surface area contributed by atoms with E-state index in [1.807, 2.05) is 0 Å². The number of rotatable bonds is 2. The molecule has 14 heavy (non-hydrogen) atoms. The SMILES string of the molecule is O=C(Oc1nn[nH]n1)c1ccncc1. The van der Waals surface area contributed by atoms with Crippen molar-refractivity contribution in [3.8, 4) is 6.01 Å². The van der Waals surface area contributed by atoms with Gasteiger partial charge in [-0.1, -0.05) is 10.2 Å². The Bertz CT molecular complexity index is 413. The molecule has 0 unspecified atom stereocenters. The predicted octanol–water partition coefficient (Wildman–Crippen LogP) is -0.186. The van der Waals surface area contributed by atoms with Crippen LogP contribution < -0.4 is 4.74 Å². The minimum Gasteiger partial charge on any atom is -0.385 e. The molecular weight excluding hydrogens is 186 g/mol. The highest BCUT2D eigenvalue weighted by Gasteiger charge is 2.10. The number of hydrogen-bond donors (Lipinski definition) is 1. The van der Waals surface area contributed by atoms with E-state index in [-0.39, 0.29) is 6.01 Å². The second-order valence-corrected chi connectivity index (χ2v) is 2.32. The van der Waals surface area contributed by atoms with Crippen LogP contribution in [0.25, 0.3) is 0 Å². The predicted molar refractivity (Wildman–Crippen MR) is 43.4 cm³/mol. The van der Waals surface area contributed by atoms with Crippen molar-refractivity contribution in [1.82, 2.24) is 25.6 Å². The molecule has 0 aliphatic heterocycles. The maximum Gasteiger partial charge on any atom is 0.363 e. The Kier molecular flexibility index (Phi) is 2.14. The Labute approximate surface area is 78.1 Å². The molecule has 70 valence electrons. The quantitative estimate of drug-likeness (QED) is 0.661. The Balaban J connectivity index is 2.11. The van der Waals surface area contributed by atoms with Crippen LogP contribution in [0, 0.1) is 0 Å². The van der Waals surface area contributed by atoms with E-state index in [2.05, 4.69) is 25.6 Å². The molecule has 2 rings (SSSR count). The van der Waals surface area contributed by atoms with Gasteiger partial charge >= 0.3 is 12.0 Å². The van der Waals surface area contributed by atoms with Crippen molar-refractivity contribution in [2.45, 2.75) is 0 Å². The highest BCUT2D eigenvalue weighted by molar-refractivity contribution is 5.90. The fraction of sp³-hybridized carbons (Fsp3) is 0. The molecule has 0 saturated carbocycles. The molecule has 2 heterocycles. The molecule has 7 heteroatoms. The van der Waals surface area contributed by atoms with Crippen LogP contribution in [-0.2, 0) is 0 Å². The molecule has 2 aromatic rings. The van der Waals surface area contributed by atoms with Crippen molar-refractivity contribution in [2.24, 2.45) is 0 Å². The summed E-state index contributed by atoms with van der Waals surface area (Å²) in [4.78, 5) is 15.1. The van der Waals surface area contributed by atoms with E-state index in [4.69, 9.17) is 4.74 Å².